The minimum atomic E-state index is 0.452. The third-order valence-electron chi connectivity index (χ3n) is 5.09. The van der Waals surface area contributed by atoms with E-state index in [-0.39, 0.29) is 0 Å². The van der Waals surface area contributed by atoms with Gasteiger partial charge in [-0.1, -0.05) is 48.2 Å². The van der Waals surface area contributed by atoms with Crippen LogP contribution < -0.4 is 10.1 Å². The maximum absolute atomic E-state index is 5.93. The van der Waals surface area contributed by atoms with Crippen molar-refractivity contribution in [2.75, 3.05) is 6.61 Å². The summed E-state index contributed by atoms with van der Waals surface area (Å²) in [6.45, 7) is 3.18. The number of nitrogens with one attached hydrogen (secondary N) is 1. The number of hydrogen-bond acceptors (Lipinski definition) is 2. The van der Waals surface area contributed by atoms with Crippen molar-refractivity contribution in [3.05, 3.63) is 28.2 Å². The van der Waals surface area contributed by atoms with Gasteiger partial charge in [-0.25, -0.2) is 0 Å². The lowest BCUT2D eigenvalue weighted by Crippen LogP contribution is -2.40. The summed E-state index contributed by atoms with van der Waals surface area (Å²) < 4.78 is 7.03. The molecule has 3 rings (SSSR count). The Kier molecular flexibility index (Phi) is 5.23. The topological polar surface area (TPSA) is 21.3 Å². The molecule has 0 radical (unpaired) electrons. The average molecular weight is 352 g/mol. The van der Waals surface area contributed by atoms with E-state index in [0.29, 0.717) is 12.1 Å². The fraction of sp³-hybridized carbons (Fsp3) is 0.667. The van der Waals surface area contributed by atoms with Crippen LogP contribution in [-0.2, 0) is 0 Å². The maximum Gasteiger partial charge on any atom is 0.125 e. The van der Waals surface area contributed by atoms with Gasteiger partial charge in [0.1, 0.15) is 5.75 Å². The summed E-state index contributed by atoms with van der Waals surface area (Å²) in [5.74, 6) is 1.91. The first-order chi connectivity index (χ1) is 10.3. The smallest absolute Gasteiger partial charge is 0.125 e. The number of fused-ring (bicyclic) bond motifs is 1. The molecule has 1 saturated carbocycles. The molecule has 0 aromatic heterocycles. The van der Waals surface area contributed by atoms with Crippen LogP contribution in [0, 0.1) is 5.92 Å². The lowest BCUT2D eigenvalue weighted by Gasteiger charge is -2.35. The fourth-order valence-corrected chi connectivity index (χ4v) is 4.23. The van der Waals surface area contributed by atoms with Gasteiger partial charge >= 0.3 is 0 Å². The molecule has 1 fully saturated rings. The maximum atomic E-state index is 5.93. The third kappa shape index (κ3) is 3.62. The molecule has 2 nitrogen and oxygen atoms in total. The number of benzene rings is 1. The van der Waals surface area contributed by atoms with E-state index in [1.54, 1.807) is 0 Å². The van der Waals surface area contributed by atoms with Gasteiger partial charge in [0.05, 0.1) is 6.61 Å². The summed E-state index contributed by atoms with van der Waals surface area (Å²) in [5.41, 5.74) is 1.34. The van der Waals surface area contributed by atoms with Gasteiger partial charge in [0.2, 0.25) is 0 Å². The molecule has 1 aromatic rings. The Bertz CT molecular complexity index is 476. The molecule has 0 saturated heterocycles. The summed E-state index contributed by atoms with van der Waals surface area (Å²) in [6, 6.07) is 7.62. The molecule has 1 N–H and O–H groups in total. The van der Waals surface area contributed by atoms with E-state index in [9.17, 15) is 0 Å². The van der Waals surface area contributed by atoms with Crippen LogP contribution in [0.4, 0.5) is 0 Å². The summed E-state index contributed by atoms with van der Waals surface area (Å²) in [6.07, 6.45) is 9.13. The molecule has 1 aromatic carbocycles. The highest BCUT2D eigenvalue weighted by atomic mass is 79.9. The van der Waals surface area contributed by atoms with Gasteiger partial charge in [0.15, 0.2) is 0 Å². The normalized spacial score (nSPS) is 29.3. The lowest BCUT2D eigenvalue weighted by atomic mass is 9.82. The van der Waals surface area contributed by atoms with Crippen LogP contribution >= 0.6 is 15.9 Å². The van der Waals surface area contributed by atoms with Gasteiger partial charge in [0, 0.05) is 22.1 Å². The molecule has 3 heteroatoms. The van der Waals surface area contributed by atoms with Crippen molar-refractivity contribution >= 4 is 15.9 Å². The van der Waals surface area contributed by atoms with Crippen LogP contribution in [0.25, 0.3) is 0 Å². The van der Waals surface area contributed by atoms with Gasteiger partial charge in [-0.05, 0) is 43.7 Å². The predicted molar refractivity (Wildman–Crippen MR) is 90.8 cm³/mol. The Morgan fingerprint density at radius 1 is 1.19 bits per heavy atom. The van der Waals surface area contributed by atoms with E-state index < -0.39 is 0 Å². The van der Waals surface area contributed by atoms with E-state index in [4.69, 9.17) is 4.74 Å². The summed E-state index contributed by atoms with van der Waals surface area (Å²) in [5, 5.41) is 3.98. The van der Waals surface area contributed by atoms with E-state index in [0.717, 1.165) is 29.2 Å². The van der Waals surface area contributed by atoms with E-state index >= 15 is 0 Å². The molecular formula is C18H26BrNO. The molecule has 0 amide bonds. The van der Waals surface area contributed by atoms with Crippen LogP contribution in [0.5, 0.6) is 5.75 Å². The zero-order chi connectivity index (χ0) is 14.7. The predicted octanol–water partition coefficient (Wildman–Crippen LogP) is 5.22. The van der Waals surface area contributed by atoms with Crippen molar-refractivity contribution in [3.63, 3.8) is 0 Å². The Hall–Kier alpha value is -0.540. The minimum absolute atomic E-state index is 0.452. The highest BCUT2D eigenvalue weighted by Crippen LogP contribution is 2.36. The second kappa shape index (κ2) is 7.15. The summed E-state index contributed by atoms with van der Waals surface area (Å²) in [4.78, 5) is 0. The van der Waals surface area contributed by atoms with Crippen molar-refractivity contribution < 1.29 is 4.74 Å². The fourth-order valence-electron chi connectivity index (χ4n) is 3.89. The highest BCUT2D eigenvalue weighted by molar-refractivity contribution is 9.10. The van der Waals surface area contributed by atoms with Crippen LogP contribution in [0.3, 0.4) is 0 Å². The Balaban J connectivity index is 1.78. The zero-order valence-corrected chi connectivity index (χ0v) is 14.5. The Morgan fingerprint density at radius 2 is 2.05 bits per heavy atom. The second-order valence-electron chi connectivity index (χ2n) is 6.45. The number of halogens is 1. The minimum Gasteiger partial charge on any atom is -0.493 e. The van der Waals surface area contributed by atoms with Gasteiger partial charge in [-0.3, -0.25) is 0 Å². The molecule has 0 bridgehead atoms. The van der Waals surface area contributed by atoms with Gasteiger partial charge in [-0.2, -0.15) is 0 Å². The second-order valence-corrected chi connectivity index (χ2v) is 7.37. The monoisotopic (exact) mass is 351 g/mol. The van der Waals surface area contributed by atoms with Crippen molar-refractivity contribution in [3.8, 4) is 5.75 Å². The molecular weight excluding hydrogens is 326 g/mol. The first kappa shape index (κ1) is 15.4. The van der Waals surface area contributed by atoms with Gasteiger partial charge in [0.25, 0.3) is 0 Å². The van der Waals surface area contributed by atoms with Crippen LogP contribution in [0.15, 0.2) is 22.7 Å². The molecule has 21 heavy (non-hydrogen) atoms. The summed E-state index contributed by atoms with van der Waals surface area (Å²) >= 11 is 3.55. The van der Waals surface area contributed by atoms with Crippen molar-refractivity contribution in [1.82, 2.24) is 5.32 Å². The highest BCUT2D eigenvalue weighted by Gasteiger charge is 2.28. The molecule has 116 valence electrons. The Labute approximate surface area is 136 Å². The van der Waals surface area contributed by atoms with Crippen molar-refractivity contribution in [2.24, 2.45) is 5.92 Å². The molecule has 0 spiro atoms. The molecule has 1 aliphatic heterocycles. The molecule has 3 atom stereocenters. The third-order valence-corrected chi connectivity index (χ3v) is 5.59. The largest absolute Gasteiger partial charge is 0.493 e. The van der Waals surface area contributed by atoms with Crippen molar-refractivity contribution in [1.29, 1.82) is 0 Å². The zero-order valence-electron chi connectivity index (χ0n) is 12.9. The quantitative estimate of drug-likeness (QED) is 0.805. The van der Waals surface area contributed by atoms with E-state index in [2.05, 4.69) is 46.4 Å². The standard InChI is InChI=1S/C18H26BrNO/c1-2-13-6-3-4-7-16(13)20-17-8-5-11-21-18-12-14(19)9-10-15(17)18/h9-10,12-13,16-17,20H,2-8,11H2,1H3. The molecule has 1 heterocycles. The SMILES string of the molecule is CCC1CCCCC1NC1CCCOc2cc(Br)ccc21. The summed E-state index contributed by atoms with van der Waals surface area (Å²) in [7, 11) is 0. The Morgan fingerprint density at radius 3 is 2.90 bits per heavy atom. The first-order valence-electron chi connectivity index (χ1n) is 8.46. The van der Waals surface area contributed by atoms with Crippen LogP contribution in [0.1, 0.15) is 63.5 Å². The first-order valence-corrected chi connectivity index (χ1v) is 9.25. The van der Waals surface area contributed by atoms with E-state index in [1.165, 1.54) is 44.1 Å². The van der Waals surface area contributed by atoms with Gasteiger partial charge in [-0.15, -0.1) is 0 Å². The van der Waals surface area contributed by atoms with Crippen LogP contribution in [0.2, 0.25) is 0 Å². The van der Waals surface area contributed by atoms with E-state index in [1.807, 2.05) is 0 Å². The average Bonchev–Trinajstić information content (AvgIpc) is 2.70. The molecule has 3 unspecified atom stereocenters. The number of hydrogen-bond donors (Lipinski definition) is 1. The molecule has 2 aliphatic rings. The lowest BCUT2D eigenvalue weighted by molar-refractivity contribution is 0.232. The molecule has 1 aliphatic carbocycles. The van der Waals surface area contributed by atoms with Crippen LogP contribution in [-0.4, -0.2) is 12.6 Å². The van der Waals surface area contributed by atoms with Crippen molar-refractivity contribution in [2.45, 2.75) is 64.0 Å². The number of rotatable bonds is 3. The van der Waals surface area contributed by atoms with Gasteiger partial charge < -0.3 is 10.1 Å². The number of ether oxygens (including phenoxy) is 1.